The van der Waals surface area contributed by atoms with Crippen LogP contribution in [0.1, 0.15) is 0 Å². The molecule has 0 saturated carbocycles. The van der Waals surface area contributed by atoms with Crippen molar-refractivity contribution in [3.8, 4) is 5.75 Å². The summed E-state index contributed by atoms with van der Waals surface area (Å²) in [4.78, 5) is 3.78. The third kappa shape index (κ3) is 6.85. The maximum Gasteiger partial charge on any atom is 0.139 e. The van der Waals surface area contributed by atoms with Gasteiger partial charge in [0, 0.05) is 18.8 Å². The second kappa shape index (κ2) is 9.66. The van der Waals surface area contributed by atoms with E-state index >= 15 is 0 Å². The van der Waals surface area contributed by atoms with Crippen molar-refractivity contribution < 1.29 is 9.13 Å². The molecule has 1 heterocycles. The third-order valence-electron chi connectivity index (χ3n) is 1.40. The molecule has 0 bridgehead atoms. The lowest BCUT2D eigenvalue weighted by Crippen LogP contribution is -2.01. The molecule has 0 aliphatic rings. The van der Waals surface area contributed by atoms with Crippen molar-refractivity contribution >= 4 is 36.4 Å². The van der Waals surface area contributed by atoms with Crippen LogP contribution in [-0.4, -0.2) is 18.1 Å². The van der Waals surface area contributed by atoms with Crippen LogP contribution in [0.4, 0.5) is 4.39 Å². The summed E-state index contributed by atoms with van der Waals surface area (Å²) in [6.45, 7) is 0.00219. The van der Waals surface area contributed by atoms with Crippen LogP contribution in [0.2, 0.25) is 5.02 Å². The summed E-state index contributed by atoms with van der Waals surface area (Å²) in [5.74, 6) is 0.0190. The van der Waals surface area contributed by atoms with E-state index in [2.05, 4.69) is 4.98 Å². The van der Waals surface area contributed by atoms with Crippen LogP contribution in [0, 0.1) is 0 Å². The quantitative estimate of drug-likeness (QED) is 0.927. The van der Waals surface area contributed by atoms with Crippen molar-refractivity contribution in [3.05, 3.63) is 35.4 Å². The van der Waals surface area contributed by atoms with Gasteiger partial charge in [-0.15, -0.1) is 24.8 Å². The SMILES string of the molecule is Cl.Cl.NC/C=C(\F)COc1cncc(Cl)c1. The summed E-state index contributed by atoms with van der Waals surface area (Å²) in [5.41, 5.74) is 5.12. The zero-order valence-electron chi connectivity index (χ0n) is 8.23. The van der Waals surface area contributed by atoms with Crippen LogP contribution in [0.25, 0.3) is 0 Å². The van der Waals surface area contributed by atoms with Gasteiger partial charge in [-0.05, 0) is 6.08 Å². The largest absolute Gasteiger partial charge is 0.485 e. The molecule has 0 saturated heterocycles. The van der Waals surface area contributed by atoms with Gasteiger partial charge >= 0.3 is 0 Å². The Bertz CT molecular complexity index is 336. The summed E-state index contributed by atoms with van der Waals surface area (Å²) >= 11 is 5.65. The summed E-state index contributed by atoms with van der Waals surface area (Å²) in [5, 5.41) is 0.450. The fourth-order valence-electron chi connectivity index (χ4n) is 0.810. The van der Waals surface area contributed by atoms with E-state index in [1.165, 1.54) is 18.5 Å². The van der Waals surface area contributed by atoms with Crippen molar-refractivity contribution in [2.75, 3.05) is 13.2 Å². The lowest BCUT2D eigenvalue weighted by molar-refractivity contribution is 0.317. The Morgan fingerprint density at radius 3 is 2.75 bits per heavy atom. The van der Waals surface area contributed by atoms with Crippen molar-refractivity contribution in [2.45, 2.75) is 0 Å². The first-order chi connectivity index (χ1) is 6.72. The molecule has 0 amide bonds. The molecular weight excluding hydrogens is 277 g/mol. The minimum atomic E-state index is -0.410. The van der Waals surface area contributed by atoms with Gasteiger partial charge in [-0.3, -0.25) is 4.98 Å². The molecule has 0 unspecified atom stereocenters. The zero-order valence-corrected chi connectivity index (χ0v) is 10.6. The molecule has 1 aromatic heterocycles. The van der Waals surface area contributed by atoms with E-state index in [9.17, 15) is 4.39 Å². The Morgan fingerprint density at radius 1 is 1.50 bits per heavy atom. The number of halogens is 4. The Hall–Kier alpha value is -0.550. The number of nitrogens with two attached hydrogens (primary N) is 1. The Labute approximate surface area is 111 Å². The molecule has 0 aliphatic carbocycles. The number of pyridine rings is 1. The summed E-state index contributed by atoms with van der Waals surface area (Å²) in [6.07, 6.45) is 4.18. The topological polar surface area (TPSA) is 48.1 Å². The molecule has 1 rings (SSSR count). The van der Waals surface area contributed by atoms with Crippen LogP contribution in [0.3, 0.4) is 0 Å². The molecular formula is C9H12Cl3FN2O. The standard InChI is InChI=1S/C9H10ClFN2O.2ClH/c10-7-3-9(5-13-4-7)14-6-8(11)1-2-12;;/h1,3-5H,2,6,12H2;2*1H/b8-1-;;. The molecule has 2 N–H and O–H groups in total. The molecule has 1 aromatic rings. The highest BCUT2D eigenvalue weighted by Gasteiger charge is 1.98. The highest BCUT2D eigenvalue weighted by molar-refractivity contribution is 6.30. The molecule has 0 spiro atoms. The smallest absolute Gasteiger partial charge is 0.139 e. The first-order valence-electron chi connectivity index (χ1n) is 4.00. The zero-order chi connectivity index (χ0) is 10.4. The molecule has 0 atom stereocenters. The second-order valence-corrected chi connectivity index (χ2v) is 2.95. The predicted octanol–water partition coefficient (Wildman–Crippen LogP) is 2.77. The highest BCUT2D eigenvalue weighted by Crippen LogP contribution is 2.15. The second-order valence-electron chi connectivity index (χ2n) is 2.51. The van der Waals surface area contributed by atoms with E-state index in [4.69, 9.17) is 22.1 Å². The van der Waals surface area contributed by atoms with Gasteiger partial charge in [-0.25, -0.2) is 4.39 Å². The van der Waals surface area contributed by atoms with Crippen molar-refractivity contribution in [1.29, 1.82) is 0 Å². The van der Waals surface area contributed by atoms with Gasteiger partial charge < -0.3 is 10.5 Å². The summed E-state index contributed by atoms with van der Waals surface area (Å²) in [6, 6.07) is 1.56. The van der Waals surface area contributed by atoms with Gasteiger partial charge in [0.05, 0.1) is 11.2 Å². The molecule has 0 fully saturated rings. The summed E-state index contributed by atoms with van der Waals surface area (Å²) < 4.78 is 17.8. The van der Waals surface area contributed by atoms with Gasteiger partial charge in [-0.1, -0.05) is 11.6 Å². The average molecular weight is 290 g/mol. The van der Waals surface area contributed by atoms with Crippen LogP contribution in [-0.2, 0) is 0 Å². The third-order valence-corrected chi connectivity index (χ3v) is 1.60. The van der Waals surface area contributed by atoms with Gasteiger partial charge in [0.15, 0.2) is 0 Å². The summed E-state index contributed by atoms with van der Waals surface area (Å²) in [7, 11) is 0. The minimum Gasteiger partial charge on any atom is -0.485 e. The molecule has 16 heavy (non-hydrogen) atoms. The van der Waals surface area contributed by atoms with Crippen LogP contribution in [0.5, 0.6) is 5.75 Å². The molecule has 7 heteroatoms. The van der Waals surface area contributed by atoms with Crippen molar-refractivity contribution in [2.24, 2.45) is 5.73 Å². The number of aromatic nitrogens is 1. The van der Waals surface area contributed by atoms with Crippen LogP contribution in [0.15, 0.2) is 30.4 Å². The number of nitrogens with zero attached hydrogens (tertiary/aromatic N) is 1. The minimum absolute atomic E-state index is 0. The first kappa shape index (κ1) is 17.8. The predicted molar refractivity (Wildman–Crippen MR) is 67.5 cm³/mol. The van der Waals surface area contributed by atoms with E-state index < -0.39 is 5.83 Å². The number of ether oxygens (including phenoxy) is 1. The molecule has 0 radical (unpaired) electrons. The van der Waals surface area contributed by atoms with Crippen LogP contribution < -0.4 is 10.5 Å². The van der Waals surface area contributed by atoms with Gasteiger partial charge in [0.25, 0.3) is 0 Å². The Balaban J connectivity index is 0. The number of rotatable bonds is 4. The van der Waals surface area contributed by atoms with Gasteiger partial charge in [0.2, 0.25) is 0 Å². The molecule has 3 nitrogen and oxygen atoms in total. The Kier molecular flexibility index (Phi) is 10.8. The van der Waals surface area contributed by atoms with Gasteiger partial charge in [-0.2, -0.15) is 0 Å². The fraction of sp³-hybridized carbons (Fsp3) is 0.222. The number of hydrogen-bond donors (Lipinski definition) is 1. The monoisotopic (exact) mass is 288 g/mol. The van der Waals surface area contributed by atoms with E-state index in [0.717, 1.165) is 0 Å². The van der Waals surface area contributed by atoms with E-state index in [1.54, 1.807) is 6.07 Å². The molecule has 0 aliphatic heterocycles. The first-order valence-corrected chi connectivity index (χ1v) is 4.38. The van der Waals surface area contributed by atoms with Crippen molar-refractivity contribution in [1.82, 2.24) is 4.98 Å². The van der Waals surface area contributed by atoms with E-state index in [0.29, 0.717) is 10.8 Å². The number of hydrogen-bond acceptors (Lipinski definition) is 3. The lowest BCUT2D eigenvalue weighted by atomic mass is 10.4. The Morgan fingerprint density at radius 2 is 2.19 bits per heavy atom. The van der Waals surface area contributed by atoms with Crippen molar-refractivity contribution in [3.63, 3.8) is 0 Å². The lowest BCUT2D eigenvalue weighted by Gasteiger charge is -2.03. The average Bonchev–Trinajstić information content (AvgIpc) is 2.15. The maximum absolute atomic E-state index is 12.8. The normalized spacial score (nSPS) is 10.1. The van der Waals surface area contributed by atoms with Crippen LogP contribution >= 0.6 is 36.4 Å². The molecule has 0 aromatic carbocycles. The fourth-order valence-corrected chi connectivity index (χ4v) is 0.974. The van der Waals surface area contributed by atoms with E-state index in [-0.39, 0.29) is 38.0 Å². The highest BCUT2D eigenvalue weighted by atomic mass is 35.5. The molecule has 92 valence electrons. The van der Waals surface area contributed by atoms with E-state index in [1.807, 2.05) is 0 Å². The maximum atomic E-state index is 12.8. The van der Waals surface area contributed by atoms with Gasteiger partial charge in [0.1, 0.15) is 18.2 Å².